The van der Waals surface area contributed by atoms with Crippen LogP contribution in [0.1, 0.15) is 41.6 Å². The fourth-order valence-electron chi connectivity index (χ4n) is 4.49. The van der Waals surface area contributed by atoms with Gasteiger partial charge in [0.1, 0.15) is 0 Å². The molecular weight excluding hydrogens is 403 g/mol. The number of benzene rings is 2. The number of amides is 1. The highest BCUT2D eigenvalue weighted by atomic mass is 32.2. The highest BCUT2D eigenvalue weighted by molar-refractivity contribution is 7.92. The molecule has 2 aliphatic heterocycles. The molecule has 1 amide bonds. The highest BCUT2D eigenvalue weighted by Gasteiger charge is 2.47. The van der Waals surface area contributed by atoms with Gasteiger partial charge in [0.2, 0.25) is 0 Å². The Kier molecular flexibility index (Phi) is 4.93. The van der Waals surface area contributed by atoms with Gasteiger partial charge in [-0.05, 0) is 56.0 Å². The van der Waals surface area contributed by atoms with Gasteiger partial charge in [-0.15, -0.1) is 0 Å². The predicted molar refractivity (Wildman–Crippen MR) is 101 cm³/mol. The Hall–Kier alpha value is -2.35. The van der Waals surface area contributed by atoms with Crippen molar-refractivity contribution in [1.82, 2.24) is 4.90 Å². The van der Waals surface area contributed by atoms with Crippen LogP contribution in [0, 0.1) is 0 Å². The van der Waals surface area contributed by atoms with Crippen molar-refractivity contribution in [3.63, 3.8) is 0 Å². The second kappa shape index (κ2) is 7.16. The topological polar surface area (TPSA) is 54.5 Å². The van der Waals surface area contributed by atoms with Gasteiger partial charge in [-0.2, -0.15) is 13.2 Å². The molecule has 8 heteroatoms. The summed E-state index contributed by atoms with van der Waals surface area (Å²) in [5.74, 6) is -0.459. The van der Waals surface area contributed by atoms with Crippen molar-refractivity contribution in [2.45, 2.75) is 54.1 Å². The van der Waals surface area contributed by atoms with Crippen LogP contribution >= 0.6 is 0 Å². The van der Waals surface area contributed by atoms with Crippen molar-refractivity contribution < 1.29 is 26.4 Å². The molecule has 2 aliphatic rings. The molecule has 29 heavy (non-hydrogen) atoms. The average molecular weight is 423 g/mol. The predicted octanol–water partition coefficient (Wildman–Crippen LogP) is 4.31. The number of hydrogen-bond donors (Lipinski definition) is 0. The average Bonchev–Trinajstić information content (AvgIpc) is 2.96. The SMILES string of the molecule is O=C(c1cccc(C(F)(F)F)c1)N1C2CCC1CC(S(=O)(=O)c1ccccc1)C2. The van der Waals surface area contributed by atoms with Crippen LogP contribution in [0.4, 0.5) is 13.2 Å². The third kappa shape index (κ3) is 3.66. The van der Waals surface area contributed by atoms with E-state index in [2.05, 4.69) is 0 Å². The van der Waals surface area contributed by atoms with E-state index in [9.17, 15) is 26.4 Å². The molecule has 0 aromatic heterocycles. The Morgan fingerprint density at radius 2 is 1.55 bits per heavy atom. The van der Waals surface area contributed by atoms with Crippen LogP contribution in [-0.2, 0) is 16.0 Å². The number of nitrogens with zero attached hydrogens (tertiary/aromatic N) is 1. The van der Waals surface area contributed by atoms with E-state index in [1.807, 2.05) is 0 Å². The van der Waals surface area contributed by atoms with Gasteiger partial charge < -0.3 is 4.90 Å². The summed E-state index contributed by atoms with van der Waals surface area (Å²) in [4.78, 5) is 14.8. The van der Waals surface area contributed by atoms with Crippen LogP contribution in [0.2, 0.25) is 0 Å². The molecule has 2 aromatic rings. The zero-order valence-electron chi connectivity index (χ0n) is 15.5. The molecule has 2 unspecified atom stereocenters. The number of fused-ring (bicyclic) bond motifs is 2. The standard InChI is InChI=1S/C21H20F3NO3S/c22-21(23,24)15-6-4-5-14(11-15)20(26)25-16-9-10-17(25)13-19(12-16)29(27,28)18-7-2-1-3-8-18/h1-8,11,16-17,19H,9-10,12-13H2. The summed E-state index contributed by atoms with van der Waals surface area (Å²) in [5.41, 5.74) is -0.877. The van der Waals surface area contributed by atoms with E-state index in [4.69, 9.17) is 0 Å². The molecule has 0 saturated carbocycles. The number of carbonyl (C=O) groups excluding carboxylic acids is 1. The summed E-state index contributed by atoms with van der Waals surface area (Å²) < 4.78 is 64.9. The van der Waals surface area contributed by atoms with Crippen molar-refractivity contribution in [2.75, 3.05) is 0 Å². The number of carbonyl (C=O) groups is 1. The van der Waals surface area contributed by atoms with E-state index in [1.54, 1.807) is 35.2 Å². The van der Waals surface area contributed by atoms with Crippen LogP contribution < -0.4 is 0 Å². The van der Waals surface area contributed by atoms with Gasteiger partial charge in [-0.3, -0.25) is 4.79 Å². The normalized spacial score (nSPS) is 24.5. The third-order valence-corrected chi connectivity index (χ3v) is 8.06. The zero-order chi connectivity index (χ0) is 20.8. The van der Waals surface area contributed by atoms with Crippen molar-refractivity contribution in [3.8, 4) is 0 Å². The Bertz CT molecular complexity index is 1010. The number of hydrogen-bond acceptors (Lipinski definition) is 3. The number of piperidine rings is 1. The van der Waals surface area contributed by atoms with Crippen molar-refractivity contribution in [2.24, 2.45) is 0 Å². The lowest BCUT2D eigenvalue weighted by Crippen LogP contribution is -2.49. The first-order valence-corrected chi connectivity index (χ1v) is 11.0. The van der Waals surface area contributed by atoms with Crippen LogP contribution in [0.5, 0.6) is 0 Å². The maximum atomic E-state index is 13.0. The second-order valence-electron chi connectivity index (χ2n) is 7.63. The van der Waals surface area contributed by atoms with Crippen LogP contribution in [0.15, 0.2) is 59.5 Å². The fraction of sp³-hybridized carbons (Fsp3) is 0.381. The van der Waals surface area contributed by atoms with Crippen LogP contribution in [0.3, 0.4) is 0 Å². The maximum Gasteiger partial charge on any atom is 0.416 e. The van der Waals surface area contributed by atoms with E-state index < -0.39 is 32.7 Å². The monoisotopic (exact) mass is 423 g/mol. The third-order valence-electron chi connectivity index (χ3n) is 5.87. The van der Waals surface area contributed by atoms with Crippen LogP contribution in [-0.4, -0.2) is 36.6 Å². The van der Waals surface area contributed by atoms with Gasteiger partial charge >= 0.3 is 6.18 Å². The molecule has 4 nitrogen and oxygen atoms in total. The lowest BCUT2D eigenvalue weighted by atomic mass is 10.00. The summed E-state index contributed by atoms with van der Waals surface area (Å²) in [7, 11) is -3.51. The summed E-state index contributed by atoms with van der Waals surface area (Å²) in [6.45, 7) is 0. The first-order valence-electron chi connectivity index (χ1n) is 9.47. The molecule has 2 saturated heterocycles. The minimum Gasteiger partial charge on any atom is -0.333 e. The molecule has 0 spiro atoms. The molecule has 154 valence electrons. The largest absolute Gasteiger partial charge is 0.416 e. The Labute approximate surface area is 167 Å². The number of rotatable bonds is 3. The van der Waals surface area contributed by atoms with Gasteiger partial charge in [0, 0.05) is 17.6 Å². The molecule has 0 N–H and O–H groups in total. The minimum absolute atomic E-state index is 0.0129. The lowest BCUT2D eigenvalue weighted by molar-refractivity contribution is -0.137. The molecule has 2 atom stereocenters. The van der Waals surface area contributed by atoms with Crippen molar-refractivity contribution in [3.05, 3.63) is 65.7 Å². The molecule has 2 aromatic carbocycles. The van der Waals surface area contributed by atoms with Crippen molar-refractivity contribution in [1.29, 1.82) is 0 Å². The molecule has 4 rings (SSSR count). The summed E-state index contributed by atoms with van der Waals surface area (Å²) in [6, 6.07) is 12.1. The van der Waals surface area contributed by atoms with Gasteiger partial charge in [0.15, 0.2) is 9.84 Å². The van der Waals surface area contributed by atoms with Gasteiger partial charge in [0.05, 0.1) is 15.7 Å². The van der Waals surface area contributed by atoms with E-state index in [-0.39, 0.29) is 22.5 Å². The minimum atomic E-state index is -4.52. The zero-order valence-corrected chi connectivity index (χ0v) is 16.3. The van der Waals surface area contributed by atoms with E-state index in [0.29, 0.717) is 25.7 Å². The second-order valence-corrected chi connectivity index (χ2v) is 9.86. The Morgan fingerprint density at radius 3 is 2.14 bits per heavy atom. The number of halogens is 3. The lowest BCUT2D eigenvalue weighted by Gasteiger charge is -2.38. The summed E-state index contributed by atoms with van der Waals surface area (Å²) in [5, 5.41) is -0.590. The molecular formula is C21H20F3NO3S. The smallest absolute Gasteiger partial charge is 0.333 e. The first-order chi connectivity index (χ1) is 13.7. The number of sulfone groups is 1. The first kappa shape index (κ1) is 19.9. The molecule has 0 radical (unpaired) electrons. The van der Waals surface area contributed by atoms with E-state index in [1.165, 1.54) is 12.1 Å². The Balaban J connectivity index is 1.57. The summed E-state index contributed by atoms with van der Waals surface area (Å²) in [6.07, 6.45) is -2.59. The maximum absolute atomic E-state index is 13.0. The van der Waals surface area contributed by atoms with Gasteiger partial charge in [-0.1, -0.05) is 24.3 Å². The van der Waals surface area contributed by atoms with Crippen LogP contribution in [0.25, 0.3) is 0 Å². The molecule has 2 heterocycles. The van der Waals surface area contributed by atoms with Crippen molar-refractivity contribution >= 4 is 15.7 Å². The van der Waals surface area contributed by atoms with Gasteiger partial charge in [-0.25, -0.2) is 8.42 Å². The van der Waals surface area contributed by atoms with Gasteiger partial charge in [0.25, 0.3) is 5.91 Å². The summed E-state index contributed by atoms with van der Waals surface area (Å²) >= 11 is 0. The number of alkyl halides is 3. The quantitative estimate of drug-likeness (QED) is 0.739. The molecule has 0 aliphatic carbocycles. The Morgan fingerprint density at radius 1 is 0.931 bits per heavy atom. The molecule has 2 bridgehead atoms. The highest BCUT2D eigenvalue weighted by Crippen LogP contribution is 2.41. The molecule has 2 fully saturated rings. The fourth-order valence-corrected chi connectivity index (χ4v) is 6.36. The van der Waals surface area contributed by atoms with E-state index in [0.717, 1.165) is 12.1 Å². The van der Waals surface area contributed by atoms with E-state index >= 15 is 0 Å².